The van der Waals surface area contributed by atoms with E-state index in [1.165, 1.54) is 6.07 Å². The lowest BCUT2D eigenvalue weighted by molar-refractivity contribution is 0.226. The molecule has 2 aromatic heterocycles. The highest BCUT2D eigenvalue weighted by Crippen LogP contribution is 2.42. The van der Waals surface area contributed by atoms with Crippen molar-refractivity contribution < 1.29 is 9.13 Å². The largest absolute Gasteiger partial charge is 0.378 e. The van der Waals surface area contributed by atoms with Crippen LogP contribution in [0.25, 0.3) is 16.6 Å². The van der Waals surface area contributed by atoms with E-state index in [0.29, 0.717) is 33.5 Å². The minimum Gasteiger partial charge on any atom is -0.378 e. The smallest absolute Gasteiger partial charge is 0.151 e. The molecule has 4 aromatic rings. The fraction of sp³-hybridized carbons (Fsp3) is 0.182. The maximum Gasteiger partial charge on any atom is 0.151 e. The maximum absolute atomic E-state index is 14.5. The Morgan fingerprint density at radius 1 is 1.16 bits per heavy atom. The van der Waals surface area contributed by atoms with Gasteiger partial charge in [-0.1, -0.05) is 35.3 Å². The van der Waals surface area contributed by atoms with Gasteiger partial charge in [-0.2, -0.15) is 5.10 Å². The van der Waals surface area contributed by atoms with Gasteiger partial charge in [-0.05, 0) is 29.8 Å². The SMILES string of the molecule is COCC1=C(c2nc3c(F)cccc3n2C)C(c2ccc(Cl)c(Cl)c2)n2nccc2N1. The Kier molecular flexibility index (Phi) is 4.97. The van der Waals surface area contributed by atoms with E-state index >= 15 is 0 Å². The molecule has 0 saturated heterocycles. The molecule has 6 nitrogen and oxygen atoms in total. The van der Waals surface area contributed by atoms with Crippen molar-refractivity contribution >= 4 is 45.6 Å². The molecule has 0 radical (unpaired) electrons. The Balaban J connectivity index is 1.81. The summed E-state index contributed by atoms with van der Waals surface area (Å²) in [6.45, 7) is 0.310. The fourth-order valence-corrected chi connectivity index (χ4v) is 4.36. The molecule has 3 heterocycles. The van der Waals surface area contributed by atoms with E-state index in [0.717, 1.165) is 22.7 Å². The third kappa shape index (κ3) is 3.20. The number of para-hydroxylation sites is 1. The number of nitrogens with zero attached hydrogens (tertiary/aromatic N) is 4. The number of aromatic nitrogens is 4. The fourth-order valence-electron chi connectivity index (χ4n) is 4.06. The molecule has 0 aliphatic carbocycles. The van der Waals surface area contributed by atoms with E-state index in [-0.39, 0.29) is 11.9 Å². The molecule has 1 aliphatic rings. The van der Waals surface area contributed by atoms with Gasteiger partial charge in [0.15, 0.2) is 5.82 Å². The Morgan fingerprint density at radius 3 is 2.74 bits per heavy atom. The average molecular weight is 458 g/mol. The second-order valence-electron chi connectivity index (χ2n) is 7.29. The highest BCUT2D eigenvalue weighted by Gasteiger charge is 2.34. The van der Waals surface area contributed by atoms with Gasteiger partial charge in [0.2, 0.25) is 0 Å². The number of benzene rings is 2. The van der Waals surface area contributed by atoms with Crippen molar-refractivity contribution in [3.8, 4) is 0 Å². The Labute approximate surface area is 187 Å². The number of hydrogen-bond donors (Lipinski definition) is 1. The summed E-state index contributed by atoms with van der Waals surface area (Å²) in [6.07, 6.45) is 1.72. The molecule has 0 amide bonds. The molecule has 1 aliphatic heterocycles. The van der Waals surface area contributed by atoms with Crippen molar-refractivity contribution in [2.24, 2.45) is 7.05 Å². The summed E-state index contributed by atoms with van der Waals surface area (Å²) < 4.78 is 23.7. The molecule has 0 spiro atoms. The van der Waals surface area contributed by atoms with Crippen molar-refractivity contribution in [1.82, 2.24) is 19.3 Å². The number of hydrogen-bond acceptors (Lipinski definition) is 4. The molecular weight excluding hydrogens is 440 g/mol. The molecule has 158 valence electrons. The monoisotopic (exact) mass is 457 g/mol. The molecule has 5 rings (SSSR count). The number of fused-ring (bicyclic) bond motifs is 2. The first-order valence-corrected chi connectivity index (χ1v) is 10.3. The van der Waals surface area contributed by atoms with Crippen molar-refractivity contribution in [3.05, 3.63) is 81.6 Å². The zero-order valence-corrected chi connectivity index (χ0v) is 18.2. The van der Waals surface area contributed by atoms with Crippen LogP contribution in [-0.2, 0) is 11.8 Å². The summed E-state index contributed by atoms with van der Waals surface area (Å²) in [5.41, 5.74) is 3.50. The summed E-state index contributed by atoms with van der Waals surface area (Å²) >= 11 is 12.5. The summed E-state index contributed by atoms with van der Waals surface area (Å²) in [5.74, 6) is 1.04. The Bertz CT molecular complexity index is 1340. The zero-order valence-electron chi connectivity index (χ0n) is 16.7. The van der Waals surface area contributed by atoms with Gasteiger partial charge in [-0.25, -0.2) is 14.1 Å². The van der Waals surface area contributed by atoms with Crippen LogP contribution in [0, 0.1) is 5.82 Å². The number of ether oxygens (including phenoxy) is 1. The van der Waals surface area contributed by atoms with Gasteiger partial charge in [0.1, 0.15) is 23.2 Å². The van der Waals surface area contributed by atoms with E-state index in [2.05, 4.69) is 15.4 Å². The molecule has 0 fully saturated rings. The number of nitrogens with one attached hydrogen (secondary N) is 1. The second kappa shape index (κ2) is 7.67. The van der Waals surface area contributed by atoms with Crippen LogP contribution < -0.4 is 5.32 Å². The summed E-state index contributed by atoms with van der Waals surface area (Å²) in [7, 11) is 3.49. The van der Waals surface area contributed by atoms with Gasteiger partial charge in [0, 0.05) is 25.8 Å². The van der Waals surface area contributed by atoms with Gasteiger partial charge in [-0.15, -0.1) is 0 Å². The van der Waals surface area contributed by atoms with Gasteiger partial charge >= 0.3 is 0 Å². The average Bonchev–Trinajstić information content (AvgIpc) is 3.35. The first-order chi connectivity index (χ1) is 15.0. The number of rotatable bonds is 4. The maximum atomic E-state index is 14.5. The Morgan fingerprint density at radius 2 is 2.00 bits per heavy atom. The summed E-state index contributed by atoms with van der Waals surface area (Å²) in [6, 6.07) is 11.9. The van der Waals surface area contributed by atoms with E-state index < -0.39 is 0 Å². The van der Waals surface area contributed by atoms with E-state index in [1.807, 2.05) is 40.6 Å². The van der Waals surface area contributed by atoms with Crippen molar-refractivity contribution in [2.75, 3.05) is 19.0 Å². The quantitative estimate of drug-likeness (QED) is 0.452. The van der Waals surface area contributed by atoms with Crippen molar-refractivity contribution in [3.63, 3.8) is 0 Å². The number of anilines is 1. The number of halogens is 3. The highest BCUT2D eigenvalue weighted by molar-refractivity contribution is 6.42. The van der Waals surface area contributed by atoms with Crippen LogP contribution >= 0.6 is 23.2 Å². The van der Waals surface area contributed by atoms with E-state index in [4.69, 9.17) is 27.9 Å². The third-order valence-corrected chi connectivity index (χ3v) is 6.18. The molecule has 9 heteroatoms. The normalized spacial score (nSPS) is 16.0. The predicted molar refractivity (Wildman–Crippen MR) is 120 cm³/mol. The minimum absolute atomic E-state index is 0.309. The number of methoxy groups -OCH3 is 1. The highest BCUT2D eigenvalue weighted by atomic mass is 35.5. The first kappa shape index (κ1) is 20.1. The lowest BCUT2D eigenvalue weighted by atomic mass is 9.94. The summed E-state index contributed by atoms with van der Waals surface area (Å²) in [4.78, 5) is 4.68. The standard InChI is InChI=1S/C22H18Cl2FN5O/c1-29-17-5-3-4-15(25)20(17)28-22(29)19-16(11-31-2)27-18-8-9-26-30(18)21(19)12-6-7-13(23)14(24)10-12/h3-10,21,27H,11H2,1-2H3. The summed E-state index contributed by atoms with van der Waals surface area (Å²) in [5, 5.41) is 8.82. The third-order valence-electron chi connectivity index (χ3n) is 5.44. The molecule has 0 bridgehead atoms. The lowest BCUT2D eigenvalue weighted by Crippen LogP contribution is -2.27. The van der Waals surface area contributed by atoms with Crippen LogP contribution in [0.5, 0.6) is 0 Å². The van der Waals surface area contributed by atoms with E-state index in [9.17, 15) is 4.39 Å². The van der Waals surface area contributed by atoms with Gasteiger partial charge < -0.3 is 14.6 Å². The minimum atomic E-state index is -0.372. The molecular formula is C22H18Cl2FN5O. The number of allylic oxidation sites excluding steroid dienone is 1. The lowest BCUT2D eigenvalue weighted by Gasteiger charge is -2.31. The molecule has 0 saturated carbocycles. The van der Waals surface area contributed by atoms with Crippen LogP contribution in [-0.4, -0.2) is 33.0 Å². The Hall–Kier alpha value is -2.87. The topological polar surface area (TPSA) is 56.9 Å². The molecule has 1 atom stereocenters. The van der Waals surface area contributed by atoms with Gasteiger partial charge in [-0.3, -0.25) is 0 Å². The predicted octanol–water partition coefficient (Wildman–Crippen LogP) is 5.29. The zero-order chi connectivity index (χ0) is 21.7. The van der Waals surface area contributed by atoms with Gasteiger partial charge in [0.25, 0.3) is 0 Å². The van der Waals surface area contributed by atoms with Crippen LogP contribution in [0.4, 0.5) is 10.2 Å². The van der Waals surface area contributed by atoms with Gasteiger partial charge in [0.05, 0.1) is 34.1 Å². The van der Waals surface area contributed by atoms with Crippen LogP contribution in [0.15, 0.2) is 54.4 Å². The number of imidazole rings is 1. The van der Waals surface area contributed by atoms with Crippen molar-refractivity contribution in [1.29, 1.82) is 0 Å². The van der Waals surface area contributed by atoms with Crippen molar-refractivity contribution in [2.45, 2.75) is 6.04 Å². The molecule has 2 aromatic carbocycles. The molecule has 1 N–H and O–H groups in total. The second-order valence-corrected chi connectivity index (χ2v) is 8.10. The van der Waals surface area contributed by atoms with Crippen LogP contribution in [0.1, 0.15) is 17.4 Å². The molecule has 31 heavy (non-hydrogen) atoms. The first-order valence-electron chi connectivity index (χ1n) is 9.58. The van der Waals surface area contributed by atoms with Crippen LogP contribution in [0.2, 0.25) is 10.0 Å². The molecule has 1 unspecified atom stereocenters. The van der Waals surface area contributed by atoms with Crippen LogP contribution in [0.3, 0.4) is 0 Å². The van der Waals surface area contributed by atoms with E-state index in [1.54, 1.807) is 25.4 Å². The number of aryl methyl sites for hydroxylation is 1.